The topological polar surface area (TPSA) is 12.0 Å². The summed E-state index contributed by atoms with van der Waals surface area (Å²) in [5.41, 5.74) is -1.32. The van der Waals surface area contributed by atoms with Crippen LogP contribution in [0.15, 0.2) is 0 Å². The van der Waals surface area contributed by atoms with E-state index >= 15 is 0 Å². The lowest BCUT2D eigenvalue weighted by molar-refractivity contribution is 0.159. The molecule has 0 aliphatic carbocycles. The lowest BCUT2D eigenvalue weighted by Gasteiger charge is -2.29. The van der Waals surface area contributed by atoms with E-state index < -0.39 is 5.67 Å². The van der Waals surface area contributed by atoms with Crippen LogP contribution in [0.1, 0.15) is 0 Å². The largest absolute Gasteiger partial charge is 0.308 e. The number of halogens is 2. The fraction of sp³-hybridized carbons (Fsp3) is 0.600. The highest BCUT2D eigenvalue weighted by Gasteiger charge is 2.34. The van der Waals surface area contributed by atoms with E-state index in [1.807, 2.05) is 5.92 Å². The van der Waals surface area contributed by atoms with Gasteiger partial charge in [-0.25, -0.2) is 4.39 Å². The molecule has 1 N–H and O–H groups in total. The Labute approximate surface area is 54.1 Å². The summed E-state index contributed by atoms with van der Waals surface area (Å²) < 4.78 is 12.3. The Morgan fingerprint density at radius 3 is 2.12 bits per heavy atom. The number of hydrogen-bond acceptors (Lipinski definition) is 1. The van der Waals surface area contributed by atoms with Gasteiger partial charge >= 0.3 is 0 Å². The SMILES string of the molecule is C#CC1(F)CNC1.Cl. The summed E-state index contributed by atoms with van der Waals surface area (Å²) in [7, 11) is 0. The molecule has 1 heterocycles. The minimum Gasteiger partial charge on any atom is -0.308 e. The maximum absolute atomic E-state index is 12.3. The monoisotopic (exact) mass is 135 g/mol. The molecule has 0 aromatic carbocycles. The molecule has 8 heavy (non-hydrogen) atoms. The first-order valence-corrected chi connectivity index (χ1v) is 2.14. The maximum Gasteiger partial charge on any atom is 0.195 e. The Hall–Kier alpha value is -0.260. The van der Waals surface area contributed by atoms with Crippen LogP contribution >= 0.6 is 12.4 Å². The third-order valence-electron chi connectivity index (χ3n) is 1.07. The first-order chi connectivity index (χ1) is 3.27. The van der Waals surface area contributed by atoms with Gasteiger partial charge in [-0.3, -0.25) is 0 Å². The molecule has 0 saturated carbocycles. The summed E-state index contributed by atoms with van der Waals surface area (Å²) in [5.74, 6) is 2.05. The van der Waals surface area contributed by atoms with Gasteiger partial charge in [-0.1, -0.05) is 5.92 Å². The second kappa shape index (κ2) is 2.34. The summed E-state index contributed by atoms with van der Waals surface area (Å²) >= 11 is 0. The highest BCUT2D eigenvalue weighted by Crippen LogP contribution is 2.13. The molecule has 0 spiro atoms. The van der Waals surface area contributed by atoms with Crippen LogP contribution in [0.5, 0.6) is 0 Å². The maximum atomic E-state index is 12.3. The predicted molar refractivity (Wildman–Crippen MR) is 32.8 cm³/mol. The molecule has 46 valence electrons. The molecule has 0 atom stereocenters. The van der Waals surface area contributed by atoms with Crippen LogP contribution in [-0.2, 0) is 0 Å². The average molecular weight is 136 g/mol. The van der Waals surface area contributed by atoms with Gasteiger partial charge < -0.3 is 5.32 Å². The Kier molecular flexibility index (Phi) is 2.26. The van der Waals surface area contributed by atoms with E-state index in [0.29, 0.717) is 13.1 Å². The minimum absolute atomic E-state index is 0. The van der Waals surface area contributed by atoms with Gasteiger partial charge in [0.25, 0.3) is 0 Å². The molecular weight excluding hydrogens is 129 g/mol. The molecule has 3 heteroatoms. The van der Waals surface area contributed by atoms with Gasteiger partial charge in [0.05, 0.1) is 0 Å². The first kappa shape index (κ1) is 7.74. The van der Waals surface area contributed by atoms with E-state index in [9.17, 15) is 4.39 Å². The van der Waals surface area contributed by atoms with Crippen molar-refractivity contribution in [3.8, 4) is 12.3 Å². The van der Waals surface area contributed by atoms with Crippen molar-refractivity contribution >= 4 is 12.4 Å². The van der Waals surface area contributed by atoms with Crippen molar-refractivity contribution in [2.45, 2.75) is 5.67 Å². The Morgan fingerprint density at radius 1 is 1.62 bits per heavy atom. The zero-order chi connectivity index (χ0) is 5.33. The van der Waals surface area contributed by atoms with Crippen molar-refractivity contribution in [1.82, 2.24) is 5.32 Å². The number of nitrogens with one attached hydrogen (secondary N) is 1. The summed E-state index contributed by atoms with van der Waals surface area (Å²) in [4.78, 5) is 0. The van der Waals surface area contributed by atoms with Crippen LogP contribution < -0.4 is 5.32 Å². The summed E-state index contributed by atoms with van der Waals surface area (Å²) in [6, 6.07) is 0. The quantitative estimate of drug-likeness (QED) is 0.473. The lowest BCUT2D eigenvalue weighted by atomic mass is 10.0. The molecule has 0 aromatic heterocycles. The van der Waals surface area contributed by atoms with Crippen molar-refractivity contribution in [3.05, 3.63) is 0 Å². The molecule has 0 aromatic rings. The van der Waals surface area contributed by atoms with Crippen LogP contribution in [0.3, 0.4) is 0 Å². The van der Waals surface area contributed by atoms with Crippen molar-refractivity contribution in [2.75, 3.05) is 13.1 Å². The van der Waals surface area contributed by atoms with E-state index in [1.54, 1.807) is 0 Å². The fourth-order valence-corrected chi connectivity index (χ4v) is 0.447. The molecule has 1 saturated heterocycles. The van der Waals surface area contributed by atoms with Gasteiger partial charge in [0.2, 0.25) is 0 Å². The smallest absolute Gasteiger partial charge is 0.195 e. The van der Waals surface area contributed by atoms with Gasteiger partial charge in [-0.2, -0.15) is 0 Å². The molecule has 1 rings (SSSR count). The zero-order valence-electron chi connectivity index (χ0n) is 4.28. The van der Waals surface area contributed by atoms with Gasteiger partial charge in [0.15, 0.2) is 5.67 Å². The highest BCUT2D eigenvalue weighted by atomic mass is 35.5. The molecule has 0 bridgehead atoms. The van der Waals surface area contributed by atoms with Crippen LogP contribution in [-0.4, -0.2) is 18.8 Å². The molecule has 0 unspecified atom stereocenters. The first-order valence-electron chi connectivity index (χ1n) is 2.14. The van der Waals surface area contributed by atoms with E-state index in [0.717, 1.165) is 0 Å². The normalized spacial score (nSPS) is 22.0. The standard InChI is InChI=1S/C5H6FN.ClH/c1-2-5(6)3-7-4-5;/h1,7H,3-4H2;1H. The molecule has 0 radical (unpaired) electrons. The van der Waals surface area contributed by atoms with Crippen molar-refractivity contribution < 1.29 is 4.39 Å². The van der Waals surface area contributed by atoms with Crippen LogP contribution in [0.25, 0.3) is 0 Å². The number of hydrogen-bond donors (Lipinski definition) is 1. The average Bonchev–Trinajstić information content (AvgIpc) is 1.61. The second-order valence-corrected chi connectivity index (χ2v) is 1.71. The Bertz CT molecular complexity index is 114. The van der Waals surface area contributed by atoms with Crippen molar-refractivity contribution in [1.29, 1.82) is 0 Å². The summed E-state index contributed by atoms with van der Waals surface area (Å²) in [6.45, 7) is 0.646. The Balaban J connectivity index is 0.000000490. The zero-order valence-corrected chi connectivity index (χ0v) is 5.09. The van der Waals surface area contributed by atoms with E-state index in [1.165, 1.54) is 0 Å². The van der Waals surface area contributed by atoms with Gasteiger partial charge in [0, 0.05) is 13.1 Å². The summed E-state index contributed by atoms with van der Waals surface area (Å²) in [6.07, 6.45) is 4.80. The van der Waals surface area contributed by atoms with Crippen molar-refractivity contribution in [3.63, 3.8) is 0 Å². The molecule has 1 aliphatic heterocycles. The second-order valence-electron chi connectivity index (χ2n) is 1.71. The van der Waals surface area contributed by atoms with Gasteiger partial charge in [-0.15, -0.1) is 18.8 Å². The van der Waals surface area contributed by atoms with Crippen molar-refractivity contribution in [2.24, 2.45) is 0 Å². The molecule has 1 nitrogen and oxygen atoms in total. The molecule has 0 amide bonds. The number of rotatable bonds is 0. The predicted octanol–water partition coefficient (Wildman–Crippen LogP) is 0.353. The Morgan fingerprint density at radius 2 is 2.12 bits per heavy atom. The van der Waals surface area contributed by atoms with E-state index in [-0.39, 0.29) is 12.4 Å². The molecule has 1 aliphatic rings. The van der Waals surface area contributed by atoms with Crippen LogP contribution in [0.4, 0.5) is 4.39 Å². The number of alkyl halides is 1. The van der Waals surface area contributed by atoms with Crippen LogP contribution in [0, 0.1) is 12.3 Å². The third-order valence-corrected chi connectivity index (χ3v) is 1.07. The molecular formula is C5H7ClFN. The molecule has 1 fully saturated rings. The van der Waals surface area contributed by atoms with E-state index in [4.69, 9.17) is 6.42 Å². The lowest BCUT2D eigenvalue weighted by Crippen LogP contribution is -2.55. The minimum atomic E-state index is -1.32. The summed E-state index contributed by atoms with van der Waals surface area (Å²) in [5, 5.41) is 2.74. The third kappa shape index (κ3) is 1.12. The van der Waals surface area contributed by atoms with Crippen LogP contribution in [0.2, 0.25) is 0 Å². The fourth-order valence-electron chi connectivity index (χ4n) is 0.447. The van der Waals surface area contributed by atoms with E-state index in [2.05, 4.69) is 5.32 Å². The highest BCUT2D eigenvalue weighted by molar-refractivity contribution is 5.85. The van der Waals surface area contributed by atoms with Gasteiger partial charge in [-0.05, 0) is 0 Å². The van der Waals surface area contributed by atoms with Gasteiger partial charge in [0.1, 0.15) is 0 Å². The number of terminal acetylenes is 1.